The summed E-state index contributed by atoms with van der Waals surface area (Å²) >= 11 is 6.36. The maximum atomic E-state index is 6.98. The first-order valence-corrected chi connectivity index (χ1v) is 5.54. The Kier molecular flexibility index (Phi) is 3.42. The van der Waals surface area contributed by atoms with Crippen molar-refractivity contribution in [3.63, 3.8) is 0 Å². The summed E-state index contributed by atoms with van der Waals surface area (Å²) < 4.78 is 1.12. The Morgan fingerprint density at radius 3 is 3.00 bits per heavy atom. The van der Waals surface area contributed by atoms with Crippen LogP contribution in [0, 0.1) is 5.41 Å². The van der Waals surface area contributed by atoms with Crippen molar-refractivity contribution in [2.45, 2.75) is 5.75 Å². The SMILES string of the molecule is N=C(N)SCc1csc(Br)c1. The summed E-state index contributed by atoms with van der Waals surface area (Å²) in [5.74, 6) is 0.789. The second-order valence-electron chi connectivity index (χ2n) is 1.91. The van der Waals surface area contributed by atoms with E-state index in [4.69, 9.17) is 11.1 Å². The fourth-order valence-corrected chi connectivity index (χ4v) is 2.39. The van der Waals surface area contributed by atoms with Crippen LogP contribution in [-0.4, -0.2) is 5.17 Å². The molecule has 0 aliphatic heterocycles. The number of halogens is 1. The van der Waals surface area contributed by atoms with Crippen LogP contribution in [0.1, 0.15) is 5.56 Å². The zero-order valence-electron chi connectivity index (χ0n) is 5.63. The maximum absolute atomic E-state index is 6.98. The van der Waals surface area contributed by atoms with Gasteiger partial charge in [-0.25, -0.2) is 0 Å². The van der Waals surface area contributed by atoms with Crippen molar-refractivity contribution in [3.8, 4) is 0 Å². The molecule has 60 valence electrons. The highest BCUT2D eigenvalue weighted by molar-refractivity contribution is 9.11. The highest BCUT2D eigenvalue weighted by Crippen LogP contribution is 2.23. The van der Waals surface area contributed by atoms with Crippen molar-refractivity contribution in [2.24, 2.45) is 5.73 Å². The van der Waals surface area contributed by atoms with E-state index in [0.717, 1.165) is 9.54 Å². The van der Waals surface area contributed by atoms with Gasteiger partial charge >= 0.3 is 0 Å². The van der Waals surface area contributed by atoms with Crippen molar-refractivity contribution in [1.82, 2.24) is 0 Å². The third-order valence-electron chi connectivity index (χ3n) is 1.02. The molecule has 5 heteroatoms. The molecule has 0 aromatic carbocycles. The molecule has 0 aliphatic rings. The lowest BCUT2D eigenvalue weighted by atomic mass is 10.4. The number of rotatable bonds is 2. The quantitative estimate of drug-likeness (QED) is 0.627. The fourth-order valence-electron chi connectivity index (χ4n) is 0.583. The summed E-state index contributed by atoms with van der Waals surface area (Å²) in [6, 6.07) is 2.04. The number of thioether (sulfide) groups is 1. The predicted octanol–water partition coefficient (Wildman–Crippen LogP) is 2.64. The zero-order valence-corrected chi connectivity index (χ0v) is 8.85. The van der Waals surface area contributed by atoms with Crippen LogP contribution < -0.4 is 5.73 Å². The third-order valence-corrected chi connectivity index (χ3v) is 3.36. The molecule has 0 spiro atoms. The summed E-state index contributed by atoms with van der Waals surface area (Å²) in [5, 5.41) is 9.21. The highest BCUT2D eigenvalue weighted by atomic mass is 79.9. The van der Waals surface area contributed by atoms with Crippen LogP contribution in [0.2, 0.25) is 0 Å². The lowest BCUT2D eigenvalue weighted by Gasteiger charge is -1.93. The van der Waals surface area contributed by atoms with Gasteiger partial charge in [0, 0.05) is 5.75 Å². The fraction of sp³-hybridized carbons (Fsp3) is 0.167. The number of hydrogen-bond donors (Lipinski definition) is 2. The molecule has 0 saturated heterocycles. The van der Waals surface area contributed by atoms with Gasteiger partial charge in [-0.05, 0) is 32.9 Å². The maximum Gasteiger partial charge on any atom is 0.151 e. The minimum atomic E-state index is 0.173. The topological polar surface area (TPSA) is 49.9 Å². The van der Waals surface area contributed by atoms with Crippen molar-refractivity contribution >= 4 is 44.2 Å². The minimum absolute atomic E-state index is 0.173. The number of amidine groups is 1. The molecule has 11 heavy (non-hydrogen) atoms. The molecule has 0 atom stereocenters. The number of thiophene rings is 1. The van der Waals surface area contributed by atoms with Crippen LogP contribution in [-0.2, 0) is 5.75 Å². The van der Waals surface area contributed by atoms with Gasteiger partial charge in [0.1, 0.15) is 0 Å². The smallest absolute Gasteiger partial charge is 0.151 e. The van der Waals surface area contributed by atoms with Gasteiger partial charge in [0.2, 0.25) is 0 Å². The molecule has 0 bridgehead atoms. The van der Waals surface area contributed by atoms with Gasteiger partial charge in [-0.1, -0.05) is 11.8 Å². The summed E-state index contributed by atoms with van der Waals surface area (Å²) in [4.78, 5) is 0. The molecule has 2 nitrogen and oxygen atoms in total. The Balaban J connectivity index is 2.45. The number of nitrogens with one attached hydrogen (secondary N) is 1. The van der Waals surface area contributed by atoms with Gasteiger partial charge < -0.3 is 5.73 Å². The normalized spacial score (nSPS) is 9.91. The largest absolute Gasteiger partial charge is 0.379 e. The second kappa shape index (κ2) is 4.13. The first-order valence-electron chi connectivity index (χ1n) is 2.88. The molecule has 0 unspecified atom stereocenters. The van der Waals surface area contributed by atoms with Crippen molar-refractivity contribution < 1.29 is 0 Å². The molecule has 0 radical (unpaired) electrons. The van der Waals surface area contributed by atoms with E-state index >= 15 is 0 Å². The van der Waals surface area contributed by atoms with E-state index in [1.807, 2.05) is 6.07 Å². The molecular weight excluding hydrogens is 244 g/mol. The average molecular weight is 251 g/mol. The molecule has 3 N–H and O–H groups in total. The Bertz CT molecular complexity index is 259. The summed E-state index contributed by atoms with van der Waals surface area (Å²) in [5.41, 5.74) is 6.40. The van der Waals surface area contributed by atoms with E-state index in [1.54, 1.807) is 11.3 Å². The number of nitrogens with two attached hydrogens (primary N) is 1. The van der Waals surface area contributed by atoms with Crippen LogP contribution in [0.5, 0.6) is 0 Å². The molecule has 1 aromatic rings. The molecule has 1 heterocycles. The average Bonchev–Trinajstić information content (AvgIpc) is 2.31. The van der Waals surface area contributed by atoms with Crippen LogP contribution in [0.25, 0.3) is 0 Å². The van der Waals surface area contributed by atoms with Gasteiger partial charge in [0.05, 0.1) is 3.79 Å². The number of hydrogen-bond acceptors (Lipinski definition) is 3. The molecule has 0 fully saturated rings. The molecule has 0 amide bonds. The zero-order chi connectivity index (χ0) is 8.27. The summed E-state index contributed by atoms with van der Waals surface area (Å²) in [7, 11) is 0. The Morgan fingerprint density at radius 2 is 2.55 bits per heavy atom. The summed E-state index contributed by atoms with van der Waals surface area (Å²) in [6.07, 6.45) is 0. The third kappa shape index (κ3) is 3.27. The van der Waals surface area contributed by atoms with Gasteiger partial charge in [0.25, 0.3) is 0 Å². The second-order valence-corrected chi connectivity index (χ2v) is 5.22. The standard InChI is InChI=1S/C6H7BrN2S2/c7-5-1-4(2-10-5)3-11-6(8)9/h1-2H,3H2,(H3,8,9). The van der Waals surface area contributed by atoms with Gasteiger partial charge in [-0.2, -0.15) is 0 Å². The van der Waals surface area contributed by atoms with Gasteiger partial charge in [-0.15, -0.1) is 11.3 Å². The minimum Gasteiger partial charge on any atom is -0.379 e. The predicted molar refractivity (Wildman–Crippen MR) is 55.2 cm³/mol. The lowest BCUT2D eigenvalue weighted by Crippen LogP contribution is -2.03. The Labute approximate surface area is 81.8 Å². The van der Waals surface area contributed by atoms with Crippen LogP contribution in [0.3, 0.4) is 0 Å². The lowest BCUT2D eigenvalue weighted by molar-refractivity contribution is 1.46. The van der Waals surface area contributed by atoms with Gasteiger partial charge in [0.15, 0.2) is 5.17 Å². The van der Waals surface area contributed by atoms with E-state index in [2.05, 4.69) is 21.3 Å². The molecular formula is C6H7BrN2S2. The summed E-state index contributed by atoms with van der Waals surface area (Å²) in [6.45, 7) is 0. The van der Waals surface area contributed by atoms with E-state index < -0.39 is 0 Å². The van der Waals surface area contributed by atoms with Gasteiger partial charge in [-0.3, -0.25) is 5.41 Å². The first kappa shape index (κ1) is 9.09. The van der Waals surface area contributed by atoms with Crippen molar-refractivity contribution in [3.05, 3.63) is 20.8 Å². The Morgan fingerprint density at radius 1 is 1.82 bits per heavy atom. The molecule has 0 saturated carbocycles. The van der Waals surface area contributed by atoms with E-state index in [1.165, 1.54) is 17.3 Å². The Hall–Kier alpha value is -0.000000000000000111. The van der Waals surface area contributed by atoms with Crippen molar-refractivity contribution in [2.75, 3.05) is 0 Å². The first-order chi connectivity index (χ1) is 5.18. The highest BCUT2D eigenvalue weighted by Gasteiger charge is 1.97. The van der Waals surface area contributed by atoms with E-state index in [0.29, 0.717) is 0 Å². The van der Waals surface area contributed by atoms with Crippen LogP contribution in [0.4, 0.5) is 0 Å². The van der Waals surface area contributed by atoms with E-state index in [9.17, 15) is 0 Å². The molecule has 1 aromatic heterocycles. The molecule has 1 rings (SSSR count). The van der Waals surface area contributed by atoms with E-state index in [-0.39, 0.29) is 5.17 Å². The van der Waals surface area contributed by atoms with Crippen LogP contribution in [0.15, 0.2) is 15.2 Å². The van der Waals surface area contributed by atoms with Crippen LogP contribution >= 0.6 is 39.0 Å². The monoisotopic (exact) mass is 250 g/mol. The van der Waals surface area contributed by atoms with Crippen molar-refractivity contribution in [1.29, 1.82) is 5.41 Å². The molecule has 0 aliphatic carbocycles.